The van der Waals surface area contributed by atoms with Gasteiger partial charge < -0.3 is 19.9 Å². The minimum atomic E-state index is -4.35. The summed E-state index contributed by atoms with van der Waals surface area (Å²) in [6.45, 7) is 1.56. The highest BCUT2D eigenvalue weighted by molar-refractivity contribution is 7.90. The lowest BCUT2D eigenvalue weighted by Crippen LogP contribution is -2.50. The van der Waals surface area contributed by atoms with E-state index in [1.54, 1.807) is 42.1 Å². The lowest BCUT2D eigenvalue weighted by Gasteiger charge is -2.33. The molecule has 0 radical (unpaired) electrons. The van der Waals surface area contributed by atoms with Crippen LogP contribution in [0.4, 0.5) is 11.4 Å². The van der Waals surface area contributed by atoms with E-state index in [0.717, 1.165) is 6.07 Å². The fourth-order valence-corrected chi connectivity index (χ4v) is 4.47. The molecule has 35 heavy (non-hydrogen) atoms. The molecule has 2 N–H and O–H groups in total. The van der Waals surface area contributed by atoms with Crippen molar-refractivity contribution < 1.29 is 27.7 Å². The molecular formula is C22H27N5O7S. The summed E-state index contributed by atoms with van der Waals surface area (Å²) in [5, 5.41) is 14.5. The van der Waals surface area contributed by atoms with E-state index in [9.17, 15) is 28.1 Å². The first-order valence-corrected chi connectivity index (χ1v) is 12.2. The number of nitro benzene ring substituents is 1. The number of rotatable bonds is 9. The summed E-state index contributed by atoms with van der Waals surface area (Å²) in [5.74, 6) is -0.889. The summed E-state index contributed by atoms with van der Waals surface area (Å²) in [7, 11) is -0.749. The van der Waals surface area contributed by atoms with Gasteiger partial charge in [0.15, 0.2) is 0 Å². The molecule has 0 aromatic heterocycles. The van der Waals surface area contributed by atoms with Crippen LogP contribution < -0.4 is 10.0 Å². The van der Waals surface area contributed by atoms with E-state index >= 15 is 0 Å². The van der Waals surface area contributed by atoms with E-state index in [0.29, 0.717) is 19.7 Å². The predicted octanol–water partition coefficient (Wildman–Crippen LogP) is 0.914. The lowest BCUT2D eigenvalue weighted by atomic mass is 10.2. The zero-order valence-electron chi connectivity index (χ0n) is 19.3. The Morgan fingerprint density at radius 3 is 2.57 bits per heavy atom. The highest BCUT2D eigenvalue weighted by Gasteiger charge is 2.27. The Kier molecular flexibility index (Phi) is 8.38. The minimum Gasteiger partial charge on any atom is -0.377 e. The molecule has 0 bridgehead atoms. The standard InChI is InChI=1S/C22H27N5O7S/c1-25(2)15-21(28)26-10-11-34-17(14-26)13-23-19-9-8-18(12-20(19)27(30)31)35(32,33)24-22(29)16-6-4-3-5-7-16/h3-9,12,17,23H,10-11,13-15H2,1-2H3,(H,24,29)/t17-/m1/s1. The average molecular weight is 506 g/mol. The predicted molar refractivity (Wildman–Crippen MR) is 128 cm³/mol. The van der Waals surface area contributed by atoms with Crippen LogP contribution >= 0.6 is 0 Å². The van der Waals surface area contributed by atoms with Gasteiger partial charge in [0.25, 0.3) is 21.6 Å². The topological polar surface area (TPSA) is 151 Å². The van der Waals surface area contributed by atoms with E-state index in [1.165, 1.54) is 24.3 Å². The monoisotopic (exact) mass is 505 g/mol. The molecule has 188 valence electrons. The normalized spacial score (nSPS) is 16.1. The molecule has 3 rings (SSSR count). The van der Waals surface area contributed by atoms with Gasteiger partial charge in [0, 0.05) is 31.3 Å². The van der Waals surface area contributed by atoms with Crippen molar-refractivity contribution in [3.63, 3.8) is 0 Å². The maximum Gasteiger partial charge on any atom is 0.293 e. The van der Waals surface area contributed by atoms with Gasteiger partial charge in [-0.15, -0.1) is 0 Å². The molecule has 0 spiro atoms. The number of nitrogens with one attached hydrogen (secondary N) is 2. The van der Waals surface area contributed by atoms with Gasteiger partial charge in [0.05, 0.1) is 29.1 Å². The fourth-order valence-electron chi connectivity index (χ4n) is 3.47. The van der Waals surface area contributed by atoms with Gasteiger partial charge in [-0.1, -0.05) is 18.2 Å². The third-order valence-corrected chi connectivity index (χ3v) is 6.53. The SMILES string of the molecule is CN(C)CC(=O)N1CCO[C@H](CNc2ccc(S(=O)(=O)NC(=O)c3ccccc3)cc2[N+](=O)[O-])C1. The molecule has 1 saturated heterocycles. The van der Waals surface area contributed by atoms with Gasteiger partial charge in [-0.2, -0.15) is 0 Å². The number of benzene rings is 2. The molecular weight excluding hydrogens is 478 g/mol. The number of hydrogen-bond acceptors (Lipinski definition) is 9. The van der Waals surface area contributed by atoms with Gasteiger partial charge in [-0.05, 0) is 38.4 Å². The molecule has 2 aromatic carbocycles. The number of carbonyl (C=O) groups is 2. The second kappa shape index (κ2) is 11.3. The summed E-state index contributed by atoms with van der Waals surface area (Å²) in [4.78, 5) is 38.5. The molecule has 1 atom stereocenters. The highest BCUT2D eigenvalue weighted by Crippen LogP contribution is 2.28. The largest absolute Gasteiger partial charge is 0.377 e. The number of amides is 2. The molecule has 1 aliphatic heterocycles. The first-order valence-electron chi connectivity index (χ1n) is 10.8. The summed E-state index contributed by atoms with van der Waals surface area (Å²) < 4.78 is 32.9. The van der Waals surface area contributed by atoms with Crippen LogP contribution in [0.3, 0.4) is 0 Å². The third-order valence-electron chi connectivity index (χ3n) is 5.20. The van der Waals surface area contributed by atoms with Crippen LogP contribution in [0, 0.1) is 10.1 Å². The summed E-state index contributed by atoms with van der Waals surface area (Å²) in [6.07, 6.45) is -0.400. The fraction of sp³-hybridized carbons (Fsp3) is 0.364. The van der Waals surface area contributed by atoms with Crippen LogP contribution in [0.5, 0.6) is 0 Å². The molecule has 12 nitrogen and oxygen atoms in total. The quantitative estimate of drug-likeness (QED) is 0.374. The van der Waals surface area contributed by atoms with Crippen LogP contribution in [0.1, 0.15) is 10.4 Å². The Labute approximate surface area is 203 Å². The molecule has 13 heteroatoms. The number of morpholine rings is 1. The number of nitro groups is 1. The van der Waals surface area contributed by atoms with Gasteiger partial charge in [-0.25, -0.2) is 13.1 Å². The Morgan fingerprint density at radius 2 is 1.91 bits per heavy atom. The zero-order chi connectivity index (χ0) is 25.6. The maximum atomic E-state index is 12.6. The van der Waals surface area contributed by atoms with Crippen molar-refractivity contribution in [2.24, 2.45) is 0 Å². The second-order valence-electron chi connectivity index (χ2n) is 8.19. The third kappa shape index (κ3) is 6.97. The molecule has 0 aliphatic carbocycles. The first-order chi connectivity index (χ1) is 16.6. The van der Waals surface area contributed by atoms with Crippen molar-refractivity contribution in [3.05, 3.63) is 64.2 Å². The van der Waals surface area contributed by atoms with E-state index in [-0.39, 0.29) is 30.2 Å². The van der Waals surface area contributed by atoms with Crippen molar-refractivity contribution >= 4 is 33.2 Å². The van der Waals surface area contributed by atoms with Crippen LogP contribution in [0.15, 0.2) is 53.4 Å². The van der Waals surface area contributed by atoms with Gasteiger partial charge in [-0.3, -0.25) is 19.7 Å². The molecule has 1 heterocycles. The average Bonchev–Trinajstić information content (AvgIpc) is 2.82. The summed E-state index contributed by atoms with van der Waals surface area (Å²) in [5.41, 5.74) is -0.255. The Hall–Kier alpha value is -3.55. The molecule has 0 unspecified atom stereocenters. The van der Waals surface area contributed by atoms with E-state index in [4.69, 9.17) is 4.74 Å². The number of nitrogens with zero attached hydrogens (tertiary/aromatic N) is 3. The summed E-state index contributed by atoms with van der Waals surface area (Å²) >= 11 is 0. The summed E-state index contributed by atoms with van der Waals surface area (Å²) in [6, 6.07) is 11.1. The number of likely N-dealkylation sites (N-methyl/N-ethyl adjacent to an activating group) is 1. The smallest absolute Gasteiger partial charge is 0.293 e. The minimum absolute atomic E-state index is 0.0404. The molecule has 2 amide bonds. The van der Waals surface area contributed by atoms with Crippen molar-refractivity contribution in [1.29, 1.82) is 0 Å². The number of ether oxygens (including phenoxy) is 1. The zero-order valence-corrected chi connectivity index (χ0v) is 20.2. The van der Waals surface area contributed by atoms with Gasteiger partial charge in [0.2, 0.25) is 5.91 Å². The van der Waals surface area contributed by atoms with E-state index in [1.807, 2.05) is 4.72 Å². The first kappa shape index (κ1) is 26.1. The second-order valence-corrected chi connectivity index (χ2v) is 9.87. The number of sulfonamides is 1. The van der Waals surface area contributed by atoms with Crippen molar-refractivity contribution in [1.82, 2.24) is 14.5 Å². The maximum absolute atomic E-state index is 12.6. The number of anilines is 1. The van der Waals surface area contributed by atoms with E-state index < -0.39 is 37.5 Å². The van der Waals surface area contributed by atoms with Crippen molar-refractivity contribution in [3.8, 4) is 0 Å². The molecule has 2 aromatic rings. The van der Waals surface area contributed by atoms with Crippen molar-refractivity contribution in [2.75, 3.05) is 52.2 Å². The highest BCUT2D eigenvalue weighted by atomic mass is 32.2. The molecule has 1 fully saturated rings. The lowest BCUT2D eigenvalue weighted by molar-refractivity contribution is -0.384. The van der Waals surface area contributed by atoms with Crippen LogP contribution in [-0.4, -0.2) is 87.9 Å². The van der Waals surface area contributed by atoms with E-state index in [2.05, 4.69) is 5.32 Å². The van der Waals surface area contributed by atoms with Gasteiger partial charge in [0.1, 0.15) is 5.69 Å². The number of hydrogen-bond donors (Lipinski definition) is 2. The van der Waals surface area contributed by atoms with Crippen LogP contribution in [-0.2, 0) is 19.6 Å². The molecule has 0 saturated carbocycles. The Balaban J connectivity index is 1.70. The number of carbonyl (C=O) groups excluding carboxylic acids is 2. The van der Waals surface area contributed by atoms with Crippen molar-refractivity contribution in [2.45, 2.75) is 11.0 Å². The van der Waals surface area contributed by atoms with Crippen LogP contribution in [0.2, 0.25) is 0 Å². The Bertz CT molecular complexity index is 1190. The van der Waals surface area contributed by atoms with Crippen LogP contribution in [0.25, 0.3) is 0 Å². The Morgan fingerprint density at radius 1 is 1.20 bits per heavy atom. The molecule has 1 aliphatic rings. The van der Waals surface area contributed by atoms with Gasteiger partial charge >= 0.3 is 0 Å².